The molecule has 2 rings (SSSR count). The predicted octanol–water partition coefficient (Wildman–Crippen LogP) is 1.78. The second-order valence-electron chi connectivity index (χ2n) is 5.05. The van der Waals surface area contributed by atoms with Crippen LogP contribution in [-0.4, -0.2) is 46.1 Å². The summed E-state index contributed by atoms with van der Waals surface area (Å²) in [4.78, 5) is 13.6. The Hall–Kier alpha value is -1.16. The van der Waals surface area contributed by atoms with E-state index >= 15 is 0 Å². The second kappa shape index (κ2) is 5.00. The summed E-state index contributed by atoms with van der Waals surface area (Å²) >= 11 is 0. The van der Waals surface area contributed by atoms with Crippen molar-refractivity contribution >= 4 is 5.95 Å². The van der Waals surface area contributed by atoms with Crippen LogP contribution in [0.3, 0.4) is 0 Å². The van der Waals surface area contributed by atoms with Gasteiger partial charge in [-0.1, -0.05) is 0 Å². The summed E-state index contributed by atoms with van der Waals surface area (Å²) in [6, 6.07) is 3.45. The summed E-state index contributed by atoms with van der Waals surface area (Å²) in [5.74, 6) is 0.857. The molecule has 0 radical (unpaired) electrons. The van der Waals surface area contributed by atoms with Gasteiger partial charge in [0.05, 0.1) is 0 Å². The molecule has 1 fully saturated rings. The molecule has 94 valence electrons. The molecule has 0 N–H and O–H groups in total. The first-order chi connectivity index (χ1) is 8.11. The van der Waals surface area contributed by atoms with Gasteiger partial charge in [0, 0.05) is 43.6 Å². The highest BCUT2D eigenvalue weighted by Gasteiger charge is 2.32. The molecular weight excluding hydrogens is 212 g/mol. The van der Waals surface area contributed by atoms with Gasteiger partial charge in [-0.3, -0.25) is 4.90 Å². The maximum atomic E-state index is 4.35. The summed E-state index contributed by atoms with van der Waals surface area (Å²) in [6.45, 7) is 11.2. The van der Waals surface area contributed by atoms with E-state index in [9.17, 15) is 0 Å². The molecule has 0 bridgehead atoms. The fraction of sp³-hybridized carbons (Fsp3) is 0.692. The number of hydrogen-bond donors (Lipinski definition) is 0. The first-order valence-corrected chi connectivity index (χ1v) is 6.40. The van der Waals surface area contributed by atoms with Crippen LogP contribution in [0.5, 0.6) is 0 Å². The number of hydrogen-bond acceptors (Lipinski definition) is 4. The summed E-state index contributed by atoms with van der Waals surface area (Å²) in [5, 5.41) is 0. The van der Waals surface area contributed by atoms with E-state index in [1.807, 2.05) is 18.5 Å². The smallest absolute Gasteiger partial charge is 0.225 e. The fourth-order valence-electron chi connectivity index (χ4n) is 2.62. The Morgan fingerprint density at radius 2 is 1.76 bits per heavy atom. The van der Waals surface area contributed by atoms with Crippen molar-refractivity contribution in [1.82, 2.24) is 14.9 Å². The Morgan fingerprint density at radius 3 is 2.35 bits per heavy atom. The van der Waals surface area contributed by atoms with Gasteiger partial charge in [0.2, 0.25) is 5.95 Å². The SMILES string of the molecule is CC1C(C)N(C(C)C)CCN1c1ncccn1. The zero-order chi connectivity index (χ0) is 12.4. The van der Waals surface area contributed by atoms with Crippen LogP contribution in [0.25, 0.3) is 0 Å². The quantitative estimate of drug-likeness (QED) is 0.781. The normalized spacial score (nSPS) is 26.5. The van der Waals surface area contributed by atoms with E-state index in [1.165, 1.54) is 0 Å². The number of piperazine rings is 1. The third-order valence-electron chi connectivity index (χ3n) is 3.78. The molecule has 2 heterocycles. The number of aromatic nitrogens is 2. The van der Waals surface area contributed by atoms with Gasteiger partial charge in [-0.25, -0.2) is 9.97 Å². The largest absolute Gasteiger partial charge is 0.335 e. The molecule has 2 unspecified atom stereocenters. The Bertz CT molecular complexity index is 352. The lowest BCUT2D eigenvalue weighted by molar-refractivity contribution is 0.121. The average Bonchev–Trinajstić information content (AvgIpc) is 2.33. The average molecular weight is 234 g/mol. The lowest BCUT2D eigenvalue weighted by Gasteiger charge is -2.46. The third kappa shape index (κ3) is 2.41. The van der Waals surface area contributed by atoms with Crippen LogP contribution < -0.4 is 4.90 Å². The first-order valence-electron chi connectivity index (χ1n) is 6.40. The van der Waals surface area contributed by atoms with Crippen LogP contribution in [0.15, 0.2) is 18.5 Å². The Morgan fingerprint density at radius 1 is 1.12 bits per heavy atom. The molecule has 4 nitrogen and oxygen atoms in total. The fourth-order valence-corrected chi connectivity index (χ4v) is 2.62. The van der Waals surface area contributed by atoms with Gasteiger partial charge in [-0.15, -0.1) is 0 Å². The van der Waals surface area contributed by atoms with Gasteiger partial charge in [0.25, 0.3) is 0 Å². The molecule has 0 aliphatic carbocycles. The van der Waals surface area contributed by atoms with Gasteiger partial charge >= 0.3 is 0 Å². The Kier molecular flexibility index (Phi) is 3.62. The van der Waals surface area contributed by atoms with E-state index in [0.717, 1.165) is 19.0 Å². The highest BCUT2D eigenvalue weighted by atomic mass is 15.4. The summed E-state index contributed by atoms with van der Waals surface area (Å²) in [5.41, 5.74) is 0. The van der Waals surface area contributed by atoms with Crippen molar-refractivity contribution in [3.63, 3.8) is 0 Å². The number of rotatable bonds is 2. The Labute approximate surface area is 104 Å². The molecule has 4 heteroatoms. The lowest BCUT2D eigenvalue weighted by atomic mass is 10.0. The van der Waals surface area contributed by atoms with E-state index in [-0.39, 0.29) is 0 Å². The van der Waals surface area contributed by atoms with E-state index in [0.29, 0.717) is 18.1 Å². The maximum absolute atomic E-state index is 4.35. The van der Waals surface area contributed by atoms with Gasteiger partial charge in [0.15, 0.2) is 0 Å². The van der Waals surface area contributed by atoms with Crippen LogP contribution in [0.1, 0.15) is 27.7 Å². The summed E-state index contributed by atoms with van der Waals surface area (Å²) in [6.07, 6.45) is 3.63. The van der Waals surface area contributed by atoms with E-state index in [1.54, 1.807) is 0 Å². The molecule has 0 amide bonds. The van der Waals surface area contributed by atoms with Gasteiger partial charge in [-0.2, -0.15) is 0 Å². The summed E-state index contributed by atoms with van der Waals surface area (Å²) in [7, 11) is 0. The minimum atomic E-state index is 0.452. The van der Waals surface area contributed by atoms with E-state index in [4.69, 9.17) is 0 Å². The molecule has 17 heavy (non-hydrogen) atoms. The topological polar surface area (TPSA) is 32.3 Å². The van der Waals surface area contributed by atoms with Crippen LogP contribution in [0.2, 0.25) is 0 Å². The first kappa shape index (κ1) is 12.3. The van der Waals surface area contributed by atoms with Crippen LogP contribution >= 0.6 is 0 Å². The molecule has 0 saturated carbocycles. The van der Waals surface area contributed by atoms with Crippen molar-refractivity contribution in [2.24, 2.45) is 0 Å². The lowest BCUT2D eigenvalue weighted by Crippen LogP contribution is -2.59. The minimum absolute atomic E-state index is 0.452. The van der Waals surface area contributed by atoms with Crippen molar-refractivity contribution < 1.29 is 0 Å². The number of nitrogens with zero attached hydrogens (tertiary/aromatic N) is 4. The van der Waals surface area contributed by atoms with Crippen molar-refractivity contribution in [2.75, 3.05) is 18.0 Å². The zero-order valence-electron chi connectivity index (χ0n) is 11.2. The van der Waals surface area contributed by atoms with Gasteiger partial charge in [-0.05, 0) is 33.8 Å². The van der Waals surface area contributed by atoms with Crippen LogP contribution in [-0.2, 0) is 0 Å². The highest BCUT2D eigenvalue weighted by Crippen LogP contribution is 2.22. The third-order valence-corrected chi connectivity index (χ3v) is 3.78. The molecule has 1 saturated heterocycles. The van der Waals surface area contributed by atoms with Crippen LogP contribution in [0, 0.1) is 0 Å². The van der Waals surface area contributed by atoms with E-state index in [2.05, 4.69) is 47.5 Å². The molecule has 0 spiro atoms. The van der Waals surface area contributed by atoms with E-state index < -0.39 is 0 Å². The van der Waals surface area contributed by atoms with Gasteiger partial charge in [0.1, 0.15) is 0 Å². The Balaban J connectivity index is 2.14. The van der Waals surface area contributed by atoms with Crippen molar-refractivity contribution in [1.29, 1.82) is 0 Å². The molecule has 2 atom stereocenters. The minimum Gasteiger partial charge on any atom is -0.335 e. The molecule has 0 aromatic carbocycles. The number of anilines is 1. The molecule has 1 aromatic heterocycles. The van der Waals surface area contributed by atoms with Crippen LogP contribution in [0.4, 0.5) is 5.95 Å². The maximum Gasteiger partial charge on any atom is 0.225 e. The molecule has 1 aromatic rings. The molecule has 1 aliphatic heterocycles. The monoisotopic (exact) mass is 234 g/mol. The van der Waals surface area contributed by atoms with Crippen molar-refractivity contribution in [2.45, 2.75) is 45.8 Å². The highest BCUT2D eigenvalue weighted by molar-refractivity contribution is 5.32. The standard InChI is InChI=1S/C13H22N4/c1-10(2)16-8-9-17(12(4)11(16)3)13-14-6-5-7-15-13/h5-7,10-12H,8-9H2,1-4H3. The molecular formula is C13H22N4. The second-order valence-corrected chi connectivity index (χ2v) is 5.05. The molecule has 1 aliphatic rings. The van der Waals surface area contributed by atoms with Crippen molar-refractivity contribution in [3.8, 4) is 0 Å². The predicted molar refractivity (Wildman–Crippen MR) is 70.1 cm³/mol. The van der Waals surface area contributed by atoms with Gasteiger partial charge < -0.3 is 4.90 Å². The zero-order valence-corrected chi connectivity index (χ0v) is 11.2. The van der Waals surface area contributed by atoms with Crippen molar-refractivity contribution in [3.05, 3.63) is 18.5 Å². The summed E-state index contributed by atoms with van der Waals surface area (Å²) < 4.78 is 0.